The monoisotopic (exact) mass is 902 g/mol. The molecule has 0 aromatic heterocycles. The lowest BCUT2D eigenvalue weighted by atomic mass is 9.82. The molecule has 0 fully saturated rings. The van der Waals surface area contributed by atoms with Crippen molar-refractivity contribution in [1.29, 1.82) is 5.41 Å². The van der Waals surface area contributed by atoms with Gasteiger partial charge >= 0.3 is 0 Å². The molecule has 0 aliphatic heterocycles. The van der Waals surface area contributed by atoms with Gasteiger partial charge in [-0.2, -0.15) is 0 Å². The molecule has 0 aliphatic rings. The molecule has 0 saturated carbocycles. The molecule has 0 amide bonds. The van der Waals surface area contributed by atoms with Crippen LogP contribution < -0.4 is 4.90 Å². The van der Waals surface area contributed by atoms with Gasteiger partial charge in [-0.1, -0.05) is 237 Å². The van der Waals surface area contributed by atoms with Crippen LogP contribution in [0.15, 0.2) is 267 Å². The Kier molecular flexibility index (Phi) is 10.2. The summed E-state index contributed by atoms with van der Waals surface area (Å²) in [6.45, 7) is 4.59. The van der Waals surface area contributed by atoms with Gasteiger partial charge in [0.15, 0.2) is 0 Å². The molecule has 13 rings (SSSR count). The van der Waals surface area contributed by atoms with Crippen LogP contribution >= 0.6 is 0 Å². The van der Waals surface area contributed by atoms with E-state index in [4.69, 9.17) is 0 Å². The van der Waals surface area contributed by atoms with Crippen LogP contribution in [0.2, 0.25) is 0 Å². The van der Waals surface area contributed by atoms with Gasteiger partial charge in [-0.05, 0) is 145 Å². The minimum absolute atomic E-state index is 0.359. The van der Waals surface area contributed by atoms with E-state index in [-0.39, 0.29) is 0 Å². The Hall–Kier alpha value is -9.37. The normalized spacial score (nSPS) is 11.5. The summed E-state index contributed by atoms with van der Waals surface area (Å²) in [4.78, 5) is 1.98. The molecule has 13 aromatic carbocycles. The Morgan fingerprint density at radius 1 is 0.282 bits per heavy atom. The molecule has 13 aromatic rings. The second kappa shape index (κ2) is 17.3. The fraction of sp³-hybridized carbons (Fsp3) is 0. The minimum Gasteiger partial charge on any atom is -0.295 e. The number of hydrogen-bond acceptors (Lipinski definition) is 1. The van der Waals surface area contributed by atoms with E-state index < -0.39 is 0 Å². The number of nitrogens with zero attached hydrogens (tertiary/aromatic N) is 1. The Morgan fingerprint density at radius 3 is 1.14 bits per heavy atom. The lowest BCUT2D eigenvalue weighted by molar-refractivity contribution is 1.29. The van der Waals surface area contributed by atoms with Crippen molar-refractivity contribution in [3.8, 4) is 44.5 Å². The van der Waals surface area contributed by atoms with E-state index in [9.17, 15) is 5.41 Å². The number of benzene rings is 13. The molecule has 0 bridgehead atoms. The van der Waals surface area contributed by atoms with E-state index in [0.717, 1.165) is 50.0 Å². The molecule has 2 heteroatoms. The Labute approximate surface area is 413 Å². The lowest BCUT2D eigenvalue weighted by Crippen LogP contribution is -2.29. The van der Waals surface area contributed by atoms with E-state index >= 15 is 0 Å². The fourth-order valence-corrected chi connectivity index (χ4v) is 11.1. The van der Waals surface area contributed by atoms with Gasteiger partial charge in [0.1, 0.15) is 5.84 Å². The Bertz CT molecular complexity index is 4150. The van der Waals surface area contributed by atoms with Crippen molar-refractivity contribution in [3.05, 3.63) is 279 Å². The molecule has 332 valence electrons. The maximum absolute atomic E-state index is 9.63. The number of hydrogen-bond donors (Lipinski definition) is 1. The number of anilines is 1. The zero-order chi connectivity index (χ0) is 47.4. The molecule has 2 nitrogen and oxygen atoms in total. The molecule has 0 heterocycles. The van der Waals surface area contributed by atoms with Crippen molar-refractivity contribution in [3.63, 3.8) is 0 Å². The Balaban J connectivity index is 1.06. The molecule has 71 heavy (non-hydrogen) atoms. The van der Waals surface area contributed by atoms with Gasteiger partial charge in [0, 0.05) is 16.9 Å². The van der Waals surface area contributed by atoms with Crippen LogP contribution in [0.1, 0.15) is 11.1 Å². The molecule has 0 unspecified atom stereocenters. The summed E-state index contributed by atoms with van der Waals surface area (Å²) in [6, 6.07) is 93.8. The highest BCUT2D eigenvalue weighted by atomic mass is 15.2. The Morgan fingerprint density at radius 2 is 0.648 bits per heavy atom. The first-order valence-corrected chi connectivity index (χ1v) is 24.3. The second-order valence-electron chi connectivity index (χ2n) is 18.4. The van der Waals surface area contributed by atoms with Crippen molar-refractivity contribution >= 4 is 81.9 Å². The highest BCUT2D eigenvalue weighted by Gasteiger charge is 2.23. The summed E-state index contributed by atoms with van der Waals surface area (Å²) in [7, 11) is 0. The summed E-state index contributed by atoms with van der Waals surface area (Å²) in [5.41, 5.74) is 12.8. The van der Waals surface area contributed by atoms with Crippen LogP contribution in [0.3, 0.4) is 0 Å². The van der Waals surface area contributed by atoms with Crippen molar-refractivity contribution in [2.45, 2.75) is 0 Å². The van der Waals surface area contributed by atoms with Crippen molar-refractivity contribution in [1.82, 2.24) is 0 Å². The molecule has 0 spiro atoms. The predicted octanol–water partition coefficient (Wildman–Crippen LogP) is 18.8. The summed E-state index contributed by atoms with van der Waals surface area (Å²) in [6.07, 6.45) is 0. The molecule has 0 aliphatic carbocycles. The quantitative estimate of drug-likeness (QED) is 0.0918. The zero-order valence-electron chi connectivity index (χ0n) is 39.0. The third-order valence-corrected chi connectivity index (χ3v) is 14.4. The van der Waals surface area contributed by atoms with Crippen molar-refractivity contribution < 1.29 is 0 Å². The number of fused-ring (bicyclic) bond motifs is 6. The summed E-state index contributed by atoms with van der Waals surface area (Å²) in [5.74, 6) is 0.359. The number of amidine groups is 1. The van der Waals surface area contributed by atoms with Gasteiger partial charge in [0.05, 0.1) is 0 Å². The van der Waals surface area contributed by atoms with Crippen molar-refractivity contribution in [2.24, 2.45) is 0 Å². The van der Waals surface area contributed by atoms with E-state index in [1.807, 2.05) is 53.4 Å². The highest BCUT2D eigenvalue weighted by Crippen LogP contribution is 2.49. The summed E-state index contributed by atoms with van der Waals surface area (Å²) >= 11 is 0. The van der Waals surface area contributed by atoms with Crippen LogP contribution in [0.25, 0.3) is 115 Å². The standard InChI is InChI=1S/C69H46N2/c1-45(46-19-4-2-5-20-46)71(69(70)49-23-6-3-7-24-49)56-28-18-27-52(43-56)65-57-29-12-14-31-59(57)67(60-32-15-13-30-58(60)65)55-39-40-63-64(44-55)68(54-38-36-48-22-9-11-26-51(48)42-54)62-34-17-16-33-61(62)66(63)53-37-35-47-21-8-10-25-50(47)41-53/h2-44,70H,1H2. The van der Waals surface area contributed by atoms with E-state index in [1.165, 1.54) is 81.7 Å². The minimum atomic E-state index is 0.359. The lowest BCUT2D eigenvalue weighted by Gasteiger charge is -2.28. The van der Waals surface area contributed by atoms with Gasteiger partial charge in [-0.3, -0.25) is 10.3 Å². The number of rotatable bonds is 8. The average Bonchev–Trinajstić information content (AvgIpc) is 3.44. The molecular weight excluding hydrogens is 857 g/mol. The predicted molar refractivity (Wildman–Crippen MR) is 304 cm³/mol. The number of nitrogens with one attached hydrogen (secondary N) is 1. The fourth-order valence-electron chi connectivity index (χ4n) is 11.1. The van der Waals surface area contributed by atoms with E-state index in [1.54, 1.807) is 0 Å². The largest absolute Gasteiger partial charge is 0.295 e. The summed E-state index contributed by atoms with van der Waals surface area (Å²) in [5, 5.41) is 24.1. The maximum atomic E-state index is 9.63. The first kappa shape index (κ1) is 41.8. The SMILES string of the molecule is C=C(c1ccccc1)N(C(=N)c1ccccc1)c1cccc(-c2c3ccccc3c(-c3ccc4c(-c5ccc6ccccc6c5)c5ccccc5c(-c5ccc6ccccc6c5)c4c3)c3ccccc23)c1. The zero-order valence-corrected chi connectivity index (χ0v) is 39.0. The van der Waals surface area contributed by atoms with E-state index in [2.05, 4.69) is 219 Å². The maximum Gasteiger partial charge on any atom is 0.137 e. The molecule has 0 saturated heterocycles. The molecule has 0 radical (unpaired) electrons. The van der Waals surface area contributed by atoms with Crippen LogP contribution in [0.5, 0.6) is 0 Å². The second-order valence-corrected chi connectivity index (χ2v) is 18.4. The van der Waals surface area contributed by atoms with Crippen LogP contribution in [0, 0.1) is 5.41 Å². The topological polar surface area (TPSA) is 27.1 Å². The molecule has 0 atom stereocenters. The smallest absolute Gasteiger partial charge is 0.137 e. The van der Waals surface area contributed by atoms with Crippen LogP contribution in [0.4, 0.5) is 5.69 Å². The first-order chi connectivity index (χ1) is 35.1. The van der Waals surface area contributed by atoms with Gasteiger partial charge in [0.2, 0.25) is 0 Å². The highest BCUT2D eigenvalue weighted by molar-refractivity contribution is 6.26. The molecule has 1 N–H and O–H groups in total. The van der Waals surface area contributed by atoms with Gasteiger partial charge < -0.3 is 0 Å². The average molecular weight is 903 g/mol. The van der Waals surface area contributed by atoms with Gasteiger partial charge in [0.25, 0.3) is 0 Å². The molecular formula is C69H46N2. The van der Waals surface area contributed by atoms with E-state index in [0.29, 0.717) is 5.84 Å². The van der Waals surface area contributed by atoms with Crippen molar-refractivity contribution in [2.75, 3.05) is 4.90 Å². The van der Waals surface area contributed by atoms with Crippen LogP contribution in [-0.2, 0) is 0 Å². The van der Waals surface area contributed by atoms with Gasteiger partial charge in [-0.25, -0.2) is 0 Å². The summed E-state index contributed by atoms with van der Waals surface area (Å²) < 4.78 is 0. The first-order valence-electron chi connectivity index (χ1n) is 24.3. The van der Waals surface area contributed by atoms with Crippen LogP contribution in [-0.4, -0.2) is 5.84 Å². The third kappa shape index (κ3) is 7.16. The third-order valence-electron chi connectivity index (χ3n) is 14.4. The van der Waals surface area contributed by atoms with Gasteiger partial charge in [-0.15, -0.1) is 0 Å².